The number of nitrogens with one attached hydrogen (secondary N) is 1. The number of benzene rings is 2. The van der Waals surface area contributed by atoms with Crippen LogP contribution < -0.4 is 15.0 Å². The van der Waals surface area contributed by atoms with E-state index in [4.69, 9.17) is 16.3 Å². The smallest absolute Gasteiger partial charge is 0.227 e. The van der Waals surface area contributed by atoms with Gasteiger partial charge in [0.05, 0.1) is 24.8 Å². The van der Waals surface area contributed by atoms with Gasteiger partial charge in [-0.05, 0) is 48.4 Å². The SMILES string of the molecule is COc1ccc(Cl)cc1N1CC(C(=O)NC2CCSc3ccc(F)cc32)CC1=O. The lowest BCUT2D eigenvalue weighted by molar-refractivity contribution is -0.127. The maximum Gasteiger partial charge on any atom is 0.227 e. The molecule has 2 amide bonds. The Balaban J connectivity index is 1.50. The van der Waals surface area contributed by atoms with Gasteiger partial charge in [0.2, 0.25) is 11.8 Å². The molecule has 2 unspecified atom stereocenters. The molecule has 5 nitrogen and oxygen atoms in total. The predicted octanol–water partition coefficient (Wildman–Crippen LogP) is 4.19. The van der Waals surface area contributed by atoms with Gasteiger partial charge in [-0.1, -0.05) is 11.6 Å². The second-order valence-electron chi connectivity index (χ2n) is 7.10. The molecule has 0 radical (unpaired) electrons. The minimum absolute atomic E-state index is 0.110. The van der Waals surface area contributed by atoms with E-state index < -0.39 is 5.92 Å². The first-order valence-electron chi connectivity index (χ1n) is 9.33. The van der Waals surface area contributed by atoms with E-state index in [9.17, 15) is 14.0 Å². The average Bonchev–Trinajstić information content (AvgIpc) is 3.10. The van der Waals surface area contributed by atoms with Gasteiger partial charge in [-0.3, -0.25) is 9.59 Å². The van der Waals surface area contributed by atoms with Crippen molar-refractivity contribution < 1.29 is 18.7 Å². The standard InChI is InChI=1S/C21H20ClFN2O3S/c1-28-18-4-2-13(22)9-17(18)25-11-12(8-20(25)26)21(27)24-16-6-7-29-19-5-3-14(23)10-15(16)19/h2-5,9-10,12,16H,6-8,11H2,1H3,(H,24,27). The highest BCUT2D eigenvalue weighted by Gasteiger charge is 2.37. The Morgan fingerprint density at radius 1 is 1.31 bits per heavy atom. The molecule has 0 bridgehead atoms. The van der Waals surface area contributed by atoms with E-state index in [1.807, 2.05) is 0 Å². The van der Waals surface area contributed by atoms with Crippen LogP contribution in [0, 0.1) is 11.7 Å². The Labute approximate surface area is 177 Å². The fourth-order valence-electron chi connectivity index (χ4n) is 3.79. The molecule has 2 atom stereocenters. The number of carbonyl (C=O) groups is 2. The first-order chi connectivity index (χ1) is 14.0. The number of ether oxygens (including phenoxy) is 1. The molecule has 2 aromatic rings. The fraction of sp³-hybridized carbons (Fsp3) is 0.333. The number of anilines is 1. The topological polar surface area (TPSA) is 58.6 Å². The first-order valence-corrected chi connectivity index (χ1v) is 10.7. The minimum atomic E-state index is -0.488. The number of amides is 2. The average molecular weight is 435 g/mol. The molecule has 0 aromatic heterocycles. The molecule has 4 rings (SSSR count). The lowest BCUT2D eigenvalue weighted by Crippen LogP contribution is -2.36. The van der Waals surface area contributed by atoms with Gasteiger partial charge in [0, 0.05) is 28.6 Å². The van der Waals surface area contributed by atoms with E-state index in [2.05, 4.69) is 5.32 Å². The van der Waals surface area contributed by atoms with Crippen LogP contribution in [-0.2, 0) is 9.59 Å². The van der Waals surface area contributed by atoms with E-state index in [-0.39, 0.29) is 36.6 Å². The molecule has 1 N–H and O–H groups in total. The van der Waals surface area contributed by atoms with Crippen LogP contribution in [0.3, 0.4) is 0 Å². The number of methoxy groups -OCH3 is 1. The van der Waals surface area contributed by atoms with Gasteiger partial charge in [0.1, 0.15) is 11.6 Å². The van der Waals surface area contributed by atoms with Gasteiger partial charge in [-0.25, -0.2) is 4.39 Å². The number of carbonyl (C=O) groups excluding carboxylic acids is 2. The largest absolute Gasteiger partial charge is 0.495 e. The van der Waals surface area contributed by atoms with E-state index in [0.29, 0.717) is 16.5 Å². The lowest BCUT2D eigenvalue weighted by atomic mass is 10.0. The van der Waals surface area contributed by atoms with Gasteiger partial charge >= 0.3 is 0 Å². The van der Waals surface area contributed by atoms with E-state index in [1.165, 1.54) is 19.2 Å². The quantitative estimate of drug-likeness (QED) is 0.783. The van der Waals surface area contributed by atoms with Crippen LogP contribution in [0.1, 0.15) is 24.4 Å². The molecule has 2 aliphatic heterocycles. The van der Waals surface area contributed by atoms with Crippen LogP contribution in [0.25, 0.3) is 0 Å². The van der Waals surface area contributed by atoms with Crippen LogP contribution in [0.2, 0.25) is 5.02 Å². The summed E-state index contributed by atoms with van der Waals surface area (Å²) in [6.07, 6.45) is 0.832. The van der Waals surface area contributed by atoms with Crippen molar-refractivity contribution in [2.24, 2.45) is 5.92 Å². The Morgan fingerprint density at radius 3 is 2.93 bits per heavy atom. The van der Waals surface area contributed by atoms with Crippen molar-refractivity contribution in [3.05, 3.63) is 52.8 Å². The normalized spacial score (nSPS) is 21.1. The molecular formula is C21H20ClFN2O3S. The van der Waals surface area contributed by atoms with Gasteiger partial charge in [0.25, 0.3) is 0 Å². The molecule has 152 valence electrons. The molecule has 1 fully saturated rings. The number of nitrogens with zero attached hydrogens (tertiary/aromatic N) is 1. The molecule has 8 heteroatoms. The molecule has 2 aliphatic rings. The summed E-state index contributed by atoms with van der Waals surface area (Å²) in [5.74, 6) is 0.209. The zero-order valence-corrected chi connectivity index (χ0v) is 17.4. The highest BCUT2D eigenvalue weighted by Crippen LogP contribution is 2.38. The molecule has 29 heavy (non-hydrogen) atoms. The minimum Gasteiger partial charge on any atom is -0.495 e. The molecule has 0 spiro atoms. The van der Waals surface area contributed by atoms with Gasteiger partial charge < -0.3 is 15.0 Å². The second-order valence-corrected chi connectivity index (χ2v) is 8.68. The molecule has 0 saturated carbocycles. The molecule has 1 saturated heterocycles. The summed E-state index contributed by atoms with van der Waals surface area (Å²) >= 11 is 7.74. The zero-order chi connectivity index (χ0) is 20.5. The van der Waals surface area contributed by atoms with E-state index in [1.54, 1.807) is 40.9 Å². The number of hydrogen-bond acceptors (Lipinski definition) is 4. The third-order valence-corrected chi connectivity index (χ3v) is 6.61. The summed E-state index contributed by atoms with van der Waals surface area (Å²) < 4.78 is 19.0. The number of thioether (sulfide) groups is 1. The maximum atomic E-state index is 13.7. The number of rotatable bonds is 4. The zero-order valence-electron chi connectivity index (χ0n) is 15.8. The summed E-state index contributed by atoms with van der Waals surface area (Å²) in [7, 11) is 1.52. The summed E-state index contributed by atoms with van der Waals surface area (Å²) in [5.41, 5.74) is 1.36. The number of fused-ring (bicyclic) bond motifs is 1. The van der Waals surface area contributed by atoms with Crippen molar-refractivity contribution in [2.75, 3.05) is 24.3 Å². The van der Waals surface area contributed by atoms with Gasteiger partial charge in [-0.15, -0.1) is 11.8 Å². The fourth-order valence-corrected chi connectivity index (χ4v) is 5.07. The van der Waals surface area contributed by atoms with Crippen molar-refractivity contribution in [3.63, 3.8) is 0 Å². The van der Waals surface area contributed by atoms with Crippen LogP contribution in [0.5, 0.6) is 5.75 Å². The second kappa shape index (κ2) is 8.24. The van der Waals surface area contributed by atoms with Gasteiger partial charge in [0.15, 0.2) is 0 Å². The van der Waals surface area contributed by atoms with Crippen molar-refractivity contribution in [3.8, 4) is 5.75 Å². The Morgan fingerprint density at radius 2 is 2.14 bits per heavy atom. The van der Waals surface area contributed by atoms with Crippen LogP contribution in [-0.4, -0.2) is 31.2 Å². The van der Waals surface area contributed by atoms with Crippen LogP contribution in [0.15, 0.2) is 41.3 Å². The molecule has 2 heterocycles. The highest BCUT2D eigenvalue weighted by atomic mass is 35.5. The maximum absolute atomic E-state index is 13.7. The summed E-state index contributed by atoms with van der Waals surface area (Å²) in [4.78, 5) is 28.0. The molecule has 0 aliphatic carbocycles. The summed E-state index contributed by atoms with van der Waals surface area (Å²) in [6, 6.07) is 9.46. The highest BCUT2D eigenvalue weighted by molar-refractivity contribution is 7.99. The van der Waals surface area contributed by atoms with Crippen molar-refractivity contribution >= 4 is 40.9 Å². The van der Waals surface area contributed by atoms with Crippen molar-refractivity contribution in [1.29, 1.82) is 0 Å². The molecular weight excluding hydrogens is 415 g/mol. The van der Waals surface area contributed by atoms with Crippen molar-refractivity contribution in [2.45, 2.75) is 23.8 Å². The summed E-state index contributed by atoms with van der Waals surface area (Å²) in [6.45, 7) is 0.249. The third kappa shape index (κ3) is 4.07. The number of halogens is 2. The van der Waals surface area contributed by atoms with Gasteiger partial charge in [-0.2, -0.15) is 0 Å². The van der Waals surface area contributed by atoms with Crippen molar-refractivity contribution in [1.82, 2.24) is 5.32 Å². The van der Waals surface area contributed by atoms with Crippen LogP contribution in [0.4, 0.5) is 10.1 Å². The lowest BCUT2D eigenvalue weighted by Gasteiger charge is -2.27. The summed E-state index contributed by atoms with van der Waals surface area (Å²) in [5, 5.41) is 3.51. The van der Waals surface area contributed by atoms with E-state index in [0.717, 1.165) is 22.6 Å². The van der Waals surface area contributed by atoms with Crippen LogP contribution >= 0.6 is 23.4 Å². The van der Waals surface area contributed by atoms with E-state index >= 15 is 0 Å². The predicted molar refractivity (Wildman–Crippen MR) is 111 cm³/mol. The Kier molecular flexibility index (Phi) is 5.69. The monoisotopic (exact) mass is 434 g/mol. The molecule has 2 aromatic carbocycles. The first kappa shape index (κ1) is 20.0. The number of hydrogen-bond donors (Lipinski definition) is 1. The third-order valence-electron chi connectivity index (χ3n) is 5.26. The Bertz CT molecular complexity index is 971. The Hall–Kier alpha value is -2.25.